The van der Waals surface area contributed by atoms with Crippen LogP contribution in [-0.2, 0) is 0 Å². The molecule has 0 fully saturated rings. The number of hydrogen-bond donors (Lipinski definition) is 2. The summed E-state index contributed by atoms with van der Waals surface area (Å²) in [7, 11) is 0. The minimum absolute atomic E-state index is 0.189. The summed E-state index contributed by atoms with van der Waals surface area (Å²) >= 11 is 0. The van der Waals surface area contributed by atoms with E-state index in [0.717, 1.165) is 5.56 Å². The van der Waals surface area contributed by atoms with Gasteiger partial charge in [0.1, 0.15) is 17.3 Å². The Balaban J connectivity index is 1.89. The fourth-order valence-corrected chi connectivity index (χ4v) is 1.92. The molecule has 106 valence electrons. The summed E-state index contributed by atoms with van der Waals surface area (Å²) in [5, 5.41) is 12.0. The third kappa shape index (κ3) is 2.53. The van der Waals surface area contributed by atoms with Crippen LogP contribution in [0.1, 0.15) is 11.3 Å². The predicted molar refractivity (Wildman–Crippen MR) is 79.1 cm³/mol. The summed E-state index contributed by atoms with van der Waals surface area (Å²) in [6.45, 7) is 1.81. The Hall–Kier alpha value is -2.96. The van der Waals surface area contributed by atoms with Crippen molar-refractivity contribution in [3.63, 3.8) is 0 Å². The lowest BCUT2D eigenvalue weighted by Gasteiger charge is -2.04. The first-order valence-corrected chi connectivity index (χ1v) is 6.21. The van der Waals surface area contributed by atoms with Gasteiger partial charge in [0.2, 0.25) is 0 Å². The highest BCUT2D eigenvalue weighted by molar-refractivity contribution is 6.72. The molecule has 7 heteroatoms. The van der Waals surface area contributed by atoms with Crippen molar-refractivity contribution in [2.45, 2.75) is 6.92 Å². The molecule has 1 aliphatic heterocycles. The summed E-state index contributed by atoms with van der Waals surface area (Å²) in [5.74, 6) is 0.527. The number of aryl methyl sites for hydroxylation is 1. The standard InChI is InChI=1S/C14H12FN5O/c1-8-11(5-6-21-8)12-13(14(16)20-18-12)19-17-10-4-2-3-9(15)7-10/h2-7,17H,1H3,(H2,16,19,20). The van der Waals surface area contributed by atoms with E-state index in [0.29, 0.717) is 22.9 Å². The van der Waals surface area contributed by atoms with E-state index in [4.69, 9.17) is 10.2 Å². The number of anilines is 1. The fourth-order valence-electron chi connectivity index (χ4n) is 1.92. The number of nitrogens with one attached hydrogen (secondary N) is 1. The first-order valence-electron chi connectivity index (χ1n) is 6.21. The molecule has 0 amide bonds. The van der Waals surface area contributed by atoms with E-state index in [2.05, 4.69) is 20.7 Å². The fraction of sp³-hybridized carbons (Fsp3) is 0.0714. The molecule has 1 aromatic carbocycles. The van der Waals surface area contributed by atoms with Crippen LogP contribution < -0.4 is 11.2 Å². The molecule has 0 atom stereocenters. The Labute approximate surface area is 119 Å². The average molecular weight is 285 g/mol. The van der Waals surface area contributed by atoms with E-state index in [9.17, 15) is 4.39 Å². The van der Waals surface area contributed by atoms with Crippen molar-refractivity contribution in [3.05, 3.63) is 53.7 Å². The highest BCUT2D eigenvalue weighted by Gasteiger charge is 2.24. The number of rotatable bonds is 3. The van der Waals surface area contributed by atoms with Gasteiger partial charge in [0.05, 0.1) is 12.0 Å². The highest BCUT2D eigenvalue weighted by Crippen LogP contribution is 2.15. The van der Waals surface area contributed by atoms with Gasteiger partial charge in [-0.1, -0.05) is 6.07 Å². The molecule has 2 aromatic rings. The van der Waals surface area contributed by atoms with Crippen LogP contribution in [-0.4, -0.2) is 17.3 Å². The smallest absolute Gasteiger partial charge is 0.176 e. The third-order valence-corrected chi connectivity index (χ3v) is 2.96. The monoisotopic (exact) mass is 285 g/mol. The largest absolute Gasteiger partial charge is 0.469 e. The van der Waals surface area contributed by atoms with Gasteiger partial charge in [-0.2, -0.15) is 5.10 Å². The van der Waals surface area contributed by atoms with Crippen LogP contribution in [0.3, 0.4) is 0 Å². The molecule has 0 unspecified atom stereocenters. The quantitative estimate of drug-likeness (QED) is 0.848. The highest BCUT2D eigenvalue weighted by atomic mass is 19.1. The topological polar surface area (TPSA) is 88.3 Å². The van der Waals surface area contributed by atoms with E-state index in [1.165, 1.54) is 12.1 Å². The number of hydrogen-bond acceptors (Lipinski definition) is 6. The van der Waals surface area contributed by atoms with Crippen molar-refractivity contribution in [3.8, 4) is 0 Å². The maximum atomic E-state index is 13.1. The third-order valence-electron chi connectivity index (χ3n) is 2.96. The maximum absolute atomic E-state index is 13.1. The molecule has 3 N–H and O–H groups in total. The first-order chi connectivity index (χ1) is 10.1. The molecule has 2 heterocycles. The van der Waals surface area contributed by atoms with Crippen molar-refractivity contribution < 1.29 is 8.81 Å². The molecule has 0 aliphatic carbocycles. The molecule has 1 aliphatic rings. The molecule has 0 saturated heterocycles. The van der Waals surface area contributed by atoms with Crippen molar-refractivity contribution in [2.75, 3.05) is 5.43 Å². The number of benzene rings is 1. The lowest BCUT2D eigenvalue weighted by molar-refractivity contribution is 0.533. The van der Waals surface area contributed by atoms with E-state index in [1.54, 1.807) is 24.5 Å². The zero-order chi connectivity index (χ0) is 14.8. The number of furan rings is 1. The van der Waals surface area contributed by atoms with Crippen molar-refractivity contribution in [1.82, 2.24) is 0 Å². The van der Waals surface area contributed by atoms with Gasteiger partial charge in [-0.15, -0.1) is 10.2 Å². The number of amidine groups is 1. The van der Waals surface area contributed by atoms with Gasteiger partial charge in [0.25, 0.3) is 0 Å². The molecule has 0 spiro atoms. The molecule has 0 saturated carbocycles. The van der Waals surface area contributed by atoms with Gasteiger partial charge >= 0.3 is 0 Å². The van der Waals surface area contributed by atoms with E-state index >= 15 is 0 Å². The van der Waals surface area contributed by atoms with Gasteiger partial charge in [0, 0.05) is 5.56 Å². The van der Waals surface area contributed by atoms with E-state index in [-0.39, 0.29) is 11.7 Å². The second kappa shape index (κ2) is 5.20. The lowest BCUT2D eigenvalue weighted by Crippen LogP contribution is -2.28. The Kier molecular flexibility index (Phi) is 3.23. The van der Waals surface area contributed by atoms with E-state index < -0.39 is 0 Å². The first kappa shape index (κ1) is 13.0. The molecule has 0 radical (unpaired) electrons. The van der Waals surface area contributed by atoms with Gasteiger partial charge in [-0.05, 0) is 31.2 Å². The summed E-state index contributed by atoms with van der Waals surface area (Å²) < 4.78 is 18.4. The maximum Gasteiger partial charge on any atom is 0.176 e. The van der Waals surface area contributed by atoms with Crippen LogP contribution in [0.2, 0.25) is 0 Å². The Morgan fingerprint density at radius 3 is 2.86 bits per heavy atom. The minimum atomic E-state index is -0.354. The number of nitrogens with two attached hydrogens (primary N) is 1. The minimum Gasteiger partial charge on any atom is -0.469 e. The van der Waals surface area contributed by atoms with Crippen LogP contribution in [0, 0.1) is 12.7 Å². The summed E-state index contributed by atoms with van der Waals surface area (Å²) in [6.07, 6.45) is 1.55. The van der Waals surface area contributed by atoms with Gasteiger partial charge in [0.15, 0.2) is 11.5 Å². The van der Waals surface area contributed by atoms with Gasteiger partial charge in [-0.25, -0.2) is 4.39 Å². The van der Waals surface area contributed by atoms with Crippen LogP contribution in [0.5, 0.6) is 0 Å². The average Bonchev–Trinajstić information content (AvgIpc) is 3.03. The van der Waals surface area contributed by atoms with Crippen molar-refractivity contribution in [2.24, 2.45) is 21.0 Å². The summed E-state index contributed by atoms with van der Waals surface area (Å²) in [6, 6.07) is 7.71. The number of halogens is 1. The molecule has 3 rings (SSSR count). The lowest BCUT2D eigenvalue weighted by atomic mass is 10.1. The second-order valence-electron chi connectivity index (χ2n) is 4.41. The summed E-state index contributed by atoms with van der Waals surface area (Å²) in [4.78, 5) is 0. The van der Waals surface area contributed by atoms with Gasteiger partial charge in [-0.3, -0.25) is 5.43 Å². The Morgan fingerprint density at radius 1 is 1.29 bits per heavy atom. The van der Waals surface area contributed by atoms with Crippen LogP contribution >= 0.6 is 0 Å². The van der Waals surface area contributed by atoms with E-state index in [1.807, 2.05) is 6.92 Å². The SMILES string of the molecule is Cc1occc1C1=NN=C(N)/C1=N/Nc1cccc(F)c1. The Morgan fingerprint density at radius 2 is 2.14 bits per heavy atom. The molecule has 6 nitrogen and oxygen atoms in total. The van der Waals surface area contributed by atoms with Crippen molar-refractivity contribution >= 4 is 22.9 Å². The summed E-state index contributed by atoms with van der Waals surface area (Å²) in [5.41, 5.74) is 10.7. The van der Waals surface area contributed by atoms with Crippen molar-refractivity contribution in [1.29, 1.82) is 0 Å². The zero-order valence-electron chi connectivity index (χ0n) is 11.2. The second-order valence-corrected chi connectivity index (χ2v) is 4.41. The molecule has 0 bridgehead atoms. The number of hydrazone groups is 1. The molecule has 1 aromatic heterocycles. The number of nitrogens with zero attached hydrogens (tertiary/aromatic N) is 3. The van der Waals surface area contributed by atoms with Gasteiger partial charge < -0.3 is 10.2 Å². The Bertz CT molecular complexity index is 775. The normalized spacial score (nSPS) is 16.0. The predicted octanol–water partition coefficient (Wildman–Crippen LogP) is 2.27. The molecular formula is C14H12FN5O. The molecular weight excluding hydrogens is 273 g/mol. The van der Waals surface area contributed by atoms with Crippen LogP contribution in [0.4, 0.5) is 10.1 Å². The zero-order valence-corrected chi connectivity index (χ0v) is 11.2. The van der Waals surface area contributed by atoms with Crippen LogP contribution in [0.15, 0.2) is 56.3 Å². The molecule has 21 heavy (non-hydrogen) atoms. The van der Waals surface area contributed by atoms with Crippen LogP contribution in [0.25, 0.3) is 0 Å².